The summed E-state index contributed by atoms with van der Waals surface area (Å²) in [5.41, 5.74) is 8.86. The number of carbonyl (C=O) groups excluding carboxylic acids is 1. The summed E-state index contributed by atoms with van der Waals surface area (Å²) in [6.45, 7) is 0. The van der Waals surface area contributed by atoms with Crippen molar-refractivity contribution in [3.05, 3.63) is 311 Å². The van der Waals surface area contributed by atoms with Gasteiger partial charge in [-0.05, 0) is 151 Å². The van der Waals surface area contributed by atoms with Gasteiger partial charge in [-0.3, -0.25) is 19.5 Å². The molecule has 12 rings (SSSR count). The number of nitrogens with zero attached hydrogens (tertiary/aromatic N) is 4. The molecule has 8 nitrogen and oxygen atoms in total. The quantitative estimate of drug-likeness (QED) is 0.0514. The molecule has 3 radical (unpaired) electrons. The van der Waals surface area contributed by atoms with E-state index < -0.39 is 18.3 Å². The van der Waals surface area contributed by atoms with Gasteiger partial charge in [0.15, 0.2) is 5.78 Å². The zero-order chi connectivity index (χ0) is 67.1. The van der Waals surface area contributed by atoms with E-state index in [4.69, 9.17) is 0 Å². The summed E-state index contributed by atoms with van der Waals surface area (Å²) in [4.78, 5) is 22.2. The number of hydrogen-bond donors (Lipinski definition) is 3. The number of aliphatic hydroxyl groups excluding tert-OH is 3. The standard InChI is InChI=1S/C22H29NO2.C22H27NO2.2C22H25N.B.Na.H/c2*1-23-19(15-21(24)17-9-4-2-5-10-17)13-8-14-20(23)16-22(25)18-11-6-3-7-12-18;2*1-23-21(17-15-19-9-4-2-5-10-19)13-8-14-22(23)18-16-20-11-6-3-7-12-20;;;/h2-7,9-12,19-22,24-25H,8,13-16H2,1H3;2-7,9-12,19-21,24H,8,13-16H2,1H3;2*2-7,9-12,15-18,21-22H,8,13-14H2,1H3;;;/q;;;;;+1;-1/b;;2*17-15+,18-16+;;;/t19-,20+,21-,22+;19-,20+,21-;21-,22+;21-,22-;;;/m.0.0.../s1. The Labute approximate surface area is 613 Å². The topological polar surface area (TPSA) is 90.7 Å². The first-order valence-corrected chi connectivity index (χ1v) is 35.5. The molecule has 0 aliphatic carbocycles. The molecule has 0 unspecified atom stereocenters. The molecule has 4 aliphatic rings. The molecule has 0 bridgehead atoms. The molecule has 8 aromatic carbocycles. The maximum absolute atomic E-state index is 12.5. The van der Waals surface area contributed by atoms with E-state index in [1.54, 1.807) is 0 Å². The molecule has 98 heavy (non-hydrogen) atoms. The van der Waals surface area contributed by atoms with Gasteiger partial charge >= 0.3 is 29.6 Å². The van der Waals surface area contributed by atoms with E-state index in [1.165, 1.54) is 60.8 Å². The minimum Gasteiger partial charge on any atom is -1.00 e. The molecule has 4 aliphatic heterocycles. The molecule has 10 heteroatoms. The van der Waals surface area contributed by atoms with E-state index in [1.807, 2.05) is 121 Å². The van der Waals surface area contributed by atoms with E-state index in [0.29, 0.717) is 48.7 Å². The van der Waals surface area contributed by atoms with Gasteiger partial charge in [-0.1, -0.05) is 304 Å². The van der Waals surface area contributed by atoms with Crippen molar-refractivity contribution in [1.29, 1.82) is 0 Å². The molecule has 4 saturated heterocycles. The molecule has 4 fully saturated rings. The Morgan fingerprint density at radius 2 is 0.571 bits per heavy atom. The molecule has 3 N–H and O–H groups in total. The van der Waals surface area contributed by atoms with Gasteiger partial charge in [-0.25, -0.2) is 0 Å². The first-order chi connectivity index (χ1) is 46.9. The smallest absolute Gasteiger partial charge is 1.00 e. The Morgan fingerprint density at radius 3 is 0.847 bits per heavy atom. The second-order valence-corrected chi connectivity index (χ2v) is 26.8. The van der Waals surface area contributed by atoms with Crippen LogP contribution >= 0.6 is 0 Å². The maximum Gasteiger partial charge on any atom is 1.00 e. The van der Waals surface area contributed by atoms with Crippen molar-refractivity contribution >= 4 is 38.5 Å². The molecule has 0 amide bonds. The molecule has 4 heterocycles. The zero-order valence-electron chi connectivity index (χ0n) is 60.0. The molecular weight excluding hydrogens is 1210 g/mol. The van der Waals surface area contributed by atoms with Gasteiger partial charge in [0.25, 0.3) is 0 Å². The van der Waals surface area contributed by atoms with Crippen LogP contribution in [0, 0.1) is 0 Å². The normalized spacial score (nSPS) is 22.6. The summed E-state index contributed by atoms with van der Waals surface area (Å²) in [6.07, 6.45) is 34.1. The fourth-order valence-electron chi connectivity index (χ4n) is 14.3. The third-order valence-corrected chi connectivity index (χ3v) is 20.3. The van der Waals surface area contributed by atoms with Gasteiger partial charge in [-0.15, -0.1) is 0 Å². The predicted molar refractivity (Wildman–Crippen MR) is 409 cm³/mol. The summed E-state index contributed by atoms with van der Waals surface area (Å²) < 4.78 is 0. The van der Waals surface area contributed by atoms with Crippen LogP contribution in [0.4, 0.5) is 0 Å². The fourth-order valence-corrected chi connectivity index (χ4v) is 14.3. The third-order valence-electron chi connectivity index (χ3n) is 20.3. The van der Waals surface area contributed by atoms with Crippen LogP contribution < -0.4 is 29.6 Å². The summed E-state index contributed by atoms with van der Waals surface area (Å²) in [5.74, 6) is 0.210. The van der Waals surface area contributed by atoms with Crippen molar-refractivity contribution < 1.29 is 51.1 Å². The van der Waals surface area contributed by atoms with Crippen molar-refractivity contribution in [3.63, 3.8) is 0 Å². The predicted octanol–water partition coefficient (Wildman–Crippen LogP) is 15.6. The minimum absolute atomic E-state index is 0. The van der Waals surface area contributed by atoms with E-state index in [9.17, 15) is 20.1 Å². The van der Waals surface area contributed by atoms with Crippen LogP contribution in [-0.4, -0.2) is 126 Å². The van der Waals surface area contributed by atoms with E-state index in [2.05, 4.69) is 218 Å². The molecule has 507 valence electrons. The maximum atomic E-state index is 12.5. The number of Topliss-reactive ketones (excluding diaryl/α,β-unsaturated/α-hetero) is 1. The van der Waals surface area contributed by atoms with Crippen molar-refractivity contribution in [2.24, 2.45) is 0 Å². The van der Waals surface area contributed by atoms with Gasteiger partial charge in [0.2, 0.25) is 0 Å². The van der Waals surface area contributed by atoms with Gasteiger partial charge in [0, 0.05) is 68.7 Å². The molecule has 0 aromatic heterocycles. The van der Waals surface area contributed by atoms with Gasteiger partial charge in [0.1, 0.15) is 0 Å². The van der Waals surface area contributed by atoms with Gasteiger partial charge < -0.3 is 21.6 Å². The molecule has 0 saturated carbocycles. The van der Waals surface area contributed by atoms with Crippen LogP contribution in [0.1, 0.15) is 172 Å². The van der Waals surface area contributed by atoms with Crippen LogP contribution in [-0.2, 0) is 0 Å². The Hall–Kier alpha value is -6.83. The zero-order valence-corrected chi connectivity index (χ0v) is 61.0. The Bertz CT molecular complexity index is 3270. The number of aliphatic hydroxyl groups is 3. The molecular formula is C88H107BN4NaO4. The van der Waals surface area contributed by atoms with Crippen LogP contribution in [0.15, 0.2) is 267 Å². The third kappa shape index (κ3) is 25.4. The van der Waals surface area contributed by atoms with Gasteiger partial charge in [0.05, 0.1) is 18.3 Å². The number of likely N-dealkylation sites (tertiary alicyclic amines) is 4. The number of likely N-dealkylation sites (N-methyl/N-ethyl adjacent to an activating group) is 2. The number of piperidine rings is 4. The first kappa shape index (κ1) is 78.5. The van der Waals surface area contributed by atoms with E-state index >= 15 is 0 Å². The van der Waals surface area contributed by atoms with Crippen molar-refractivity contribution in [2.75, 3.05) is 28.2 Å². The molecule has 0 spiro atoms. The van der Waals surface area contributed by atoms with Crippen molar-refractivity contribution in [1.82, 2.24) is 19.6 Å². The Balaban J connectivity index is 0.000000206. The second-order valence-electron chi connectivity index (χ2n) is 26.8. The Morgan fingerprint density at radius 1 is 0.347 bits per heavy atom. The fraction of sp³-hybridized carbons (Fsp3) is 0.352. The monoisotopic (exact) mass is 1320 g/mol. The SMILES string of the molecule is CN1[C@@H](CC(=O)c2ccccc2)CCC[C@H]1C[C@H](O)c1ccccc1.CN1[C@@H](C[C@@H](O)c2ccccc2)CCC[C@H]1C[C@H](O)c1ccccc1.CN1[C@H](/C=C/c2ccccc2)CCC[C@@H]1/C=C/c1ccccc1.CN1[C@H](/C=C/c2ccccc2)CCC[C@H]1/C=C/c1ccccc1.[B].[H-].[Na+]. The first-order valence-electron chi connectivity index (χ1n) is 35.5. The number of hydrogen-bond acceptors (Lipinski definition) is 8. The number of carbonyl (C=O) groups is 1. The largest absolute Gasteiger partial charge is 1.00 e. The number of ketones is 1. The molecule has 8 aromatic rings. The van der Waals surface area contributed by atoms with Crippen LogP contribution in [0.25, 0.3) is 24.3 Å². The summed E-state index contributed by atoms with van der Waals surface area (Å²) in [7, 11) is 8.74. The van der Waals surface area contributed by atoms with Crippen LogP contribution in [0.3, 0.4) is 0 Å². The summed E-state index contributed by atoms with van der Waals surface area (Å²) in [6, 6.07) is 84.9. The summed E-state index contributed by atoms with van der Waals surface area (Å²) >= 11 is 0. The molecule has 11 atom stereocenters. The van der Waals surface area contributed by atoms with Crippen LogP contribution in [0.2, 0.25) is 0 Å². The number of rotatable bonds is 20. The Kier molecular flexibility index (Phi) is 34.4. The van der Waals surface area contributed by atoms with Crippen LogP contribution in [0.5, 0.6) is 0 Å². The second kappa shape index (κ2) is 43.0. The average molecular weight is 1320 g/mol. The average Bonchev–Trinajstić information content (AvgIpc) is 0.893. The van der Waals surface area contributed by atoms with Crippen molar-refractivity contribution in [2.45, 2.75) is 169 Å². The number of benzene rings is 8. The van der Waals surface area contributed by atoms with Crippen molar-refractivity contribution in [3.8, 4) is 0 Å². The van der Waals surface area contributed by atoms with Gasteiger partial charge in [-0.2, -0.15) is 0 Å². The minimum atomic E-state index is -0.447. The van der Waals surface area contributed by atoms with E-state index in [-0.39, 0.29) is 51.2 Å². The summed E-state index contributed by atoms with van der Waals surface area (Å²) in [5, 5.41) is 31.7. The van der Waals surface area contributed by atoms with E-state index in [0.717, 1.165) is 80.0 Å².